The summed E-state index contributed by atoms with van der Waals surface area (Å²) in [5.41, 5.74) is 2.42. The number of methoxy groups -OCH3 is 1. The van der Waals surface area contributed by atoms with Gasteiger partial charge in [0.05, 0.1) is 19.0 Å². The Morgan fingerprint density at radius 2 is 1.95 bits per heavy atom. The largest absolute Gasteiger partial charge is 0.497 e. The topological polar surface area (TPSA) is 39.1 Å². The van der Waals surface area contributed by atoms with Crippen LogP contribution < -0.4 is 10.1 Å². The van der Waals surface area contributed by atoms with E-state index >= 15 is 0 Å². The lowest BCUT2D eigenvalue weighted by molar-refractivity contribution is 0.414. The average Bonchev–Trinajstić information content (AvgIpc) is 2.98. The molecule has 1 N–H and O–H groups in total. The lowest BCUT2D eigenvalue weighted by Gasteiger charge is -2.21. The zero-order valence-corrected chi connectivity index (χ0v) is 11.2. The molecular weight excluding hydrogens is 238 g/mol. The molecule has 0 amide bonds. The summed E-state index contributed by atoms with van der Waals surface area (Å²) in [4.78, 5) is 0. The third-order valence-corrected chi connectivity index (χ3v) is 3.75. The molecule has 100 valence electrons. The smallest absolute Gasteiger partial charge is 0.119 e. The number of aromatic nitrogens is 2. The molecule has 1 saturated heterocycles. The Bertz CT molecular complexity index is 527. The third-order valence-electron chi connectivity index (χ3n) is 3.75. The van der Waals surface area contributed by atoms with Gasteiger partial charge in [-0.15, -0.1) is 0 Å². The zero-order valence-electron chi connectivity index (χ0n) is 11.2. The highest BCUT2D eigenvalue weighted by Gasteiger charge is 2.16. The normalized spacial score (nSPS) is 16.5. The molecule has 1 aliphatic rings. The second-order valence-corrected chi connectivity index (χ2v) is 4.94. The van der Waals surface area contributed by atoms with E-state index in [2.05, 4.69) is 16.6 Å². The summed E-state index contributed by atoms with van der Waals surface area (Å²) < 4.78 is 7.11. The summed E-state index contributed by atoms with van der Waals surface area (Å²) in [6.07, 6.45) is 6.56. The molecule has 0 aliphatic carbocycles. The molecule has 0 spiro atoms. The number of piperidine rings is 1. The monoisotopic (exact) mass is 257 g/mol. The first kappa shape index (κ1) is 12.2. The summed E-state index contributed by atoms with van der Waals surface area (Å²) in [5.74, 6) is 1.52. The Labute approximate surface area is 113 Å². The number of hydrogen-bond acceptors (Lipinski definition) is 3. The van der Waals surface area contributed by atoms with Crippen LogP contribution in [0.15, 0.2) is 36.7 Å². The molecule has 4 heteroatoms. The molecule has 19 heavy (non-hydrogen) atoms. The molecule has 0 atom stereocenters. The van der Waals surface area contributed by atoms with Crippen molar-refractivity contribution in [2.45, 2.75) is 18.8 Å². The number of nitrogens with one attached hydrogen (secondary N) is 1. The molecular formula is C15H19N3O. The van der Waals surface area contributed by atoms with Crippen molar-refractivity contribution in [3.05, 3.63) is 42.2 Å². The van der Waals surface area contributed by atoms with E-state index in [1.54, 1.807) is 7.11 Å². The van der Waals surface area contributed by atoms with Gasteiger partial charge in [-0.3, -0.25) is 0 Å². The predicted molar refractivity (Wildman–Crippen MR) is 75.0 cm³/mol. The van der Waals surface area contributed by atoms with Crippen molar-refractivity contribution >= 4 is 0 Å². The second kappa shape index (κ2) is 5.45. The summed E-state index contributed by atoms with van der Waals surface area (Å²) in [5, 5.41) is 7.87. The van der Waals surface area contributed by atoms with Crippen LogP contribution in [0.1, 0.15) is 24.3 Å². The Balaban J connectivity index is 1.79. The van der Waals surface area contributed by atoms with Gasteiger partial charge in [-0.05, 0) is 61.7 Å². The highest BCUT2D eigenvalue weighted by atomic mass is 16.5. The van der Waals surface area contributed by atoms with Gasteiger partial charge >= 0.3 is 0 Å². The van der Waals surface area contributed by atoms with Crippen molar-refractivity contribution in [2.24, 2.45) is 0 Å². The van der Waals surface area contributed by atoms with Gasteiger partial charge in [-0.2, -0.15) is 5.10 Å². The van der Waals surface area contributed by atoms with Crippen LogP contribution in [-0.4, -0.2) is 30.0 Å². The summed E-state index contributed by atoms with van der Waals surface area (Å²) >= 11 is 0. The fourth-order valence-electron chi connectivity index (χ4n) is 2.58. The van der Waals surface area contributed by atoms with E-state index in [0.29, 0.717) is 5.92 Å². The van der Waals surface area contributed by atoms with Crippen LogP contribution in [0.2, 0.25) is 0 Å². The molecule has 0 radical (unpaired) electrons. The number of ether oxygens (including phenoxy) is 1. The second-order valence-electron chi connectivity index (χ2n) is 4.94. The van der Waals surface area contributed by atoms with Gasteiger partial charge in [0, 0.05) is 6.20 Å². The molecule has 2 heterocycles. The quantitative estimate of drug-likeness (QED) is 0.917. The van der Waals surface area contributed by atoms with E-state index in [-0.39, 0.29) is 0 Å². The molecule has 4 nitrogen and oxygen atoms in total. The summed E-state index contributed by atoms with van der Waals surface area (Å²) in [6.45, 7) is 2.22. The maximum absolute atomic E-state index is 5.17. The minimum atomic E-state index is 0.647. The molecule has 1 fully saturated rings. The lowest BCUT2D eigenvalue weighted by Crippen LogP contribution is -2.26. The molecule has 1 aromatic carbocycles. The first-order valence-electron chi connectivity index (χ1n) is 6.76. The van der Waals surface area contributed by atoms with Crippen LogP contribution in [0, 0.1) is 0 Å². The van der Waals surface area contributed by atoms with Crippen molar-refractivity contribution in [1.82, 2.24) is 15.1 Å². The van der Waals surface area contributed by atoms with Gasteiger partial charge in [-0.1, -0.05) is 0 Å². The molecule has 2 aromatic rings. The minimum Gasteiger partial charge on any atom is -0.497 e. The average molecular weight is 257 g/mol. The van der Waals surface area contributed by atoms with Crippen molar-refractivity contribution in [3.63, 3.8) is 0 Å². The van der Waals surface area contributed by atoms with Crippen LogP contribution in [-0.2, 0) is 0 Å². The Kier molecular flexibility index (Phi) is 3.51. The number of benzene rings is 1. The molecule has 3 rings (SSSR count). The van der Waals surface area contributed by atoms with E-state index in [1.807, 2.05) is 35.1 Å². The highest BCUT2D eigenvalue weighted by Crippen LogP contribution is 2.25. The summed E-state index contributed by atoms with van der Waals surface area (Å²) in [7, 11) is 1.68. The van der Waals surface area contributed by atoms with E-state index < -0.39 is 0 Å². The van der Waals surface area contributed by atoms with Gasteiger partial charge in [0.15, 0.2) is 0 Å². The van der Waals surface area contributed by atoms with E-state index in [0.717, 1.165) is 24.5 Å². The third kappa shape index (κ3) is 2.63. The van der Waals surface area contributed by atoms with Crippen LogP contribution in [0.3, 0.4) is 0 Å². The maximum atomic E-state index is 5.17. The van der Waals surface area contributed by atoms with Crippen LogP contribution in [0.5, 0.6) is 5.75 Å². The predicted octanol–water partition coefficient (Wildman–Crippen LogP) is 2.35. The van der Waals surface area contributed by atoms with E-state index in [1.165, 1.54) is 18.4 Å². The SMILES string of the molecule is COc1ccc(-n2cc(C3CCNCC3)cn2)cc1. The van der Waals surface area contributed by atoms with Crippen LogP contribution >= 0.6 is 0 Å². The van der Waals surface area contributed by atoms with Gasteiger partial charge in [-0.25, -0.2) is 4.68 Å². The van der Waals surface area contributed by atoms with Gasteiger partial charge < -0.3 is 10.1 Å². The number of rotatable bonds is 3. The van der Waals surface area contributed by atoms with Crippen LogP contribution in [0.4, 0.5) is 0 Å². The Morgan fingerprint density at radius 3 is 2.63 bits per heavy atom. The van der Waals surface area contributed by atoms with E-state index in [4.69, 9.17) is 4.74 Å². The van der Waals surface area contributed by atoms with Crippen molar-refractivity contribution < 1.29 is 4.74 Å². The van der Waals surface area contributed by atoms with Crippen molar-refractivity contribution in [2.75, 3.05) is 20.2 Å². The van der Waals surface area contributed by atoms with Crippen LogP contribution in [0.25, 0.3) is 5.69 Å². The lowest BCUT2D eigenvalue weighted by atomic mass is 9.93. The van der Waals surface area contributed by atoms with E-state index in [9.17, 15) is 0 Å². The standard InChI is InChI=1S/C15H19N3O/c1-19-15-4-2-14(3-5-15)18-11-13(10-17-18)12-6-8-16-9-7-12/h2-5,10-12,16H,6-9H2,1H3. The fraction of sp³-hybridized carbons (Fsp3) is 0.400. The van der Waals surface area contributed by atoms with Crippen molar-refractivity contribution in [3.8, 4) is 11.4 Å². The molecule has 0 saturated carbocycles. The van der Waals surface area contributed by atoms with Crippen molar-refractivity contribution in [1.29, 1.82) is 0 Å². The number of nitrogens with zero attached hydrogens (tertiary/aromatic N) is 2. The Morgan fingerprint density at radius 1 is 1.21 bits per heavy atom. The van der Waals surface area contributed by atoms with Gasteiger partial charge in [0.25, 0.3) is 0 Å². The first-order chi connectivity index (χ1) is 9.36. The number of hydrogen-bond donors (Lipinski definition) is 1. The highest BCUT2D eigenvalue weighted by molar-refractivity contribution is 5.37. The zero-order chi connectivity index (χ0) is 13.1. The molecule has 0 bridgehead atoms. The molecule has 0 unspecified atom stereocenters. The fourth-order valence-corrected chi connectivity index (χ4v) is 2.58. The molecule has 1 aromatic heterocycles. The Hall–Kier alpha value is -1.81. The maximum Gasteiger partial charge on any atom is 0.119 e. The van der Waals surface area contributed by atoms with Gasteiger partial charge in [0.2, 0.25) is 0 Å². The molecule has 1 aliphatic heterocycles. The minimum absolute atomic E-state index is 0.647. The summed E-state index contributed by atoms with van der Waals surface area (Å²) in [6, 6.07) is 7.97. The van der Waals surface area contributed by atoms with Gasteiger partial charge in [0.1, 0.15) is 5.75 Å². The first-order valence-corrected chi connectivity index (χ1v) is 6.76.